The van der Waals surface area contributed by atoms with Gasteiger partial charge in [0.25, 0.3) is 0 Å². The van der Waals surface area contributed by atoms with Crippen LogP contribution in [0.25, 0.3) is 0 Å². The van der Waals surface area contributed by atoms with Crippen molar-refractivity contribution in [3.8, 4) is 0 Å². The largest absolute Gasteiger partial charge is 0.356 e. The number of nitrogens with one attached hydrogen (secondary N) is 1. The summed E-state index contributed by atoms with van der Waals surface area (Å²) in [4.78, 5) is 11.7. The number of aryl methyl sites for hydroxylation is 1. The van der Waals surface area contributed by atoms with Gasteiger partial charge in [-0.25, -0.2) is 8.42 Å². The Morgan fingerprint density at radius 2 is 2.00 bits per heavy atom. The fraction of sp³-hybridized carbons (Fsp3) is 0.438. The third-order valence-corrected chi connectivity index (χ3v) is 4.47. The summed E-state index contributed by atoms with van der Waals surface area (Å²) in [5.74, 6) is -0.134. The predicted molar refractivity (Wildman–Crippen MR) is 89.0 cm³/mol. The van der Waals surface area contributed by atoms with Gasteiger partial charge in [0.15, 0.2) is 0 Å². The van der Waals surface area contributed by atoms with Crippen LogP contribution in [0.3, 0.4) is 0 Å². The minimum atomic E-state index is -3.30. The average Bonchev–Trinajstić information content (AvgIpc) is 2.48. The molecule has 0 saturated carbocycles. The van der Waals surface area contributed by atoms with Gasteiger partial charge in [-0.1, -0.05) is 36.4 Å². The van der Waals surface area contributed by atoms with Crippen LogP contribution in [-0.2, 0) is 21.2 Å². The zero-order valence-electron chi connectivity index (χ0n) is 13.0. The smallest absolute Gasteiger partial charge is 0.221 e. The summed E-state index contributed by atoms with van der Waals surface area (Å²) >= 11 is 0. The lowest BCUT2D eigenvalue weighted by atomic mass is 10.1. The van der Waals surface area contributed by atoms with E-state index < -0.39 is 10.0 Å². The molecule has 0 saturated heterocycles. The van der Waals surface area contributed by atoms with E-state index in [9.17, 15) is 13.2 Å². The first-order chi connectivity index (χ1) is 10.4. The molecule has 0 unspecified atom stereocenters. The maximum atomic E-state index is 11.7. The predicted octanol–water partition coefficient (Wildman–Crippen LogP) is 1.57. The molecule has 0 bridgehead atoms. The van der Waals surface area contributed by atoms with E-state index in [-0.39, 0.29) is 25.4 Å². The number of carbonyl (C=O) groups excluding carboxylic acids is 1. The zero-order valence-corrected chi connectivity index (χ0v) is 13.8. The van der Waals surface area contributed by atoms with Crippen LogP contribution in [0.2, 0.25) is 0 Å². The Balaban J connectivity index is 2.24. The lowest BCUT2D eigenvalue weighted by Crippen LogP contribution is -2.35. The molecule has 1 N–H and O–H groups in total. The first-order valence-corrected chi connectivity index (χ1v) is 9.15. The number of hydrogen-bond acceptors (Lipinski definition) is 3. The zero-order chi connectivity index (χ0) is 16.4. The molecule has 0 aliphatic carbocycles. The standard InChI is InChI=1S/C16H24N2O3S/c1-3-13-18(22(2,20)21)14-11-16(19)17-12-7-10-15-8-5-4-6-9-15/h3-6,8-9H,1,7,10-14H2,2H3,(H,17,19). The van der Waals surface area contributed by atoms with Crippen molar-refractivity contribution < 1.29 is 13.2 Å². The second kappa shape index (κ2) is 9.38. The number of sulfonamides is 1. The summed E-state index contributed by atoms with van der Waals surface area (Å²) in [7, 11) is -3.30. The summed E-state index contributed by atoms with van der Waals surface area (Å²) in [5.41, 5.74) is 1.24. The topological polar surface area (TPSA) is 66.5 Å². The SMILES string of the molecule is C=CCN(CCC(=O)NCCCc1ccccc1)S(C)(=O)=O. The molecule has 0 aliphatic rings. The van der Waals surface area contributed by atoms with Gasteiger partial charge in [0.05, 0.1) is 6.26 Å². The van der Waals surface area contributed by atoms with Gasteiger partial charge in [0, 0.05) is 26.1 Å². The summed E-state index contributed by atoms with van der Waals surface area (Å²) in [6, 6.07) is 10.1. The van der Waals surface area contributed by atoms with Crippen LogP contribution < -0.4 is 5.32 Å². The Labute approximate surface area is 133 Å². The van der Waals surface area contributed by atoms with Crippen molar-refractivity contribution in [2.24, 2.45) is 0 Å². The summed E-state index contributed by atoms with van der Waals surface area (Å²) in [6.07, 6.45) is 4.57. The molecule has 22 heavy (non-hydrogen) atoms. The third-order valence-electron chi connectivity index (χ3n) is 3.20. The third kappa shape index (κ3) is 7.38. The molecule has 1 aromatic carbocycles. The van der Waals surface area contributed by atoms with Gasteiger partial charge in [-0.2, -0.15) is 4.31 Å². The van der Waals surface area contributed by atoms with Gasteiger partial charge in [0.1, 0.15) is 0 Å². The molecule has 5 nitrogen and oxygen atoms in total. The van der Waals surface area contributed by atoms with Crippen molar-refractivity contribution in [1.29, 1.82) is 0 Å². The van der Waals surface area contributed by atoms with Crippen molar-refractivity contribution in [3.63, 3.8) is 0 Å². The first-order valence-electron chi connectivity index (χ1n) is 7.30. The van der Waals surface area contributed by atoms with Crippen LogP contribution in [0.5, 0.6) is 0 Å². The maximum Gasteiger partial charge on any atom is 0.221 e. The quantitative estimate of drug-likeness (QED) is 0.525. The molecule has 6 heteroatoms. The molecule has 1 rings (SSSR count). The number of carbonyl (C=O) groups is 1. The summed E-state index contributed by atoms with van der Waals surface area (Å²) in [5, 5.41) is 2.82. The highest BCUT2D eigenvalue weighted by Gasteiger charge is 2.15. The second-order valence-corrected chi connectivity index (χ2v) is 7.08. The van der Waals surface area contributed by atoms with Crippen LogP contribution >= 0.6 is 0 Å². The van der Waals surface area contributed by atoms with Crippen LogP contribution in [0.4, 0.5) is 0 Å². The maximum absolute atomic E-state index is 11.7. The van der Waals surface area contributed by atoms with Crippen LogP contribution in [0.1, 0.15) is 18.4 Å². The highest BCUT2D eigenvalue weighted by atomic mass is 32.2. The number of hydrogen-bond donors (Lipinski definition) is 1. The van der Waals surface area contributed by atoms with Gasteiger partial charge < -0.3 is 5.32 Å². The summed E-state index contributed by atoms with van der Waals surface area (Å²) < 4.78 is 24.2. The minimum Gasteiger partial charge on any atom is -0.356 e. The first kappa shape index (κ1) is 18.4. The Bertz CT molecular complexity index is 570. The van der Waals surface area contributed by atoms with E-state index >= 15 is 0 Å². The van der Waals surface area contributed by atoms with Gasteiger partial charge in [-0.3, -0.25) is 4.79 Å². The van der Waals surface area contributed by atoms with Crippen LogP contribution in [0.15, 0.2) is 43.0 Å². The highest BCUT2D eigenvalue weighted by molar-refractivity contribution is 7.88. The Hall–Kier alpha value is -1.66. The average molecular weight is 324 g/mol. The number of benzene rings is 1. The van der Waals surface area contributed by atoms with Crippen molar-refractivity contribution >= 4 is 15.9 Å². The summed E-state index contributed by atoms with van der Waals surface area (Å²) in [6.45, 7) is 4.51. The lowest BCUT2D eigenvalue weighted by Gasteiger charge is -2.17. The minimum absolute atomic E-state index is 0.134. The molecule has 0 aromatic heterocycles. The molecule has 0 heterocycles. The molecule has 0 radical (unpaired) electrons. The molecular weight excluding hydrogens is 300 g/mol. The van der Waals surface area contributed by atoms with E-state index in [1.807, 2.05) is 18.2 Å². The molecule has 0 atom stereocenters. The van der Waals surface area contributed by atoms with E-state index in [1.54, 1.807) is 0 Å². The lowest BCUT2D eigenvalue weighted by molar-refractivity contribution is -0.121. The normalized spacial score (nSPS) is 11.4. The Morgan fingerprint density at radius 1 is 1.32 bits per heavy atom. The van der Waals surface area contributed by atoms with Crippen molar-refractivity contribution in [1.82, 2.24) is 9.62 Å². The van der Waals surface area contributed by atoms with Crippen molar-refractivity contribution in [3.05, 3.63) is 48.6 Å². The van der Waals surface area contributed by atoms with Gasteiger partial charge in [-0.15, -0.1) is 6.58 Å². The number of amides is 1. The van der Waals surface area contributed by atoms with Gasteiger partial charge >= 0.3 is 0 Å². The molecular formula is C16H24N2O3S. The van der Waals surface area contributed by atoms with E-state index in [0.717, 1.165) is 19.1 Å². The van der Waals surface area contributed by atoms with Crippen LogP contribution in [0, 0.1) is 0 Å². The molecule has 1 amide bonds. The van der Waals surface area contributed by atoms with Gasteiger partial charge in [-0.05, 0) is 18.4 Å². The Morgan fingerprint density at radius 3 is 2.59 bits per heavy atom. The second-order valence-electron chi connectivity index (χ2n) is 5.10. The number of rotatable bonds is 10. The molecule has 0 spiro atoms. The fourth-order valence-corrected chi connectivity index (χ4v) is 2.82. The number of nitrogens with zero attached hydrogens (tertiary/aromatic N) is 1. The molecule has 0 aliphatic heterocycles. The molecule has 1 aromatic rings. The van der Waals surface area contributed by atoms with Crippen molar-refractivity contribution in [2.45, 2.75) is 19.3 Å². The molecule has 122 valence electrons. The monoisotopic (exact) mass is 324 g/mol. The van der Waals surface area contributed by atoms with Crippen molar-refractivity contribution in [2.75, 3.05) is 25.9 Å². The van der Waals surface area contributed by atoms with Crippen LogP contribution in [-0.4, -0.2) is 44.5 Å². The fourth-order valence-electron chi connectivity index (χ4n) is 2.02. The van der Waals surface area contributed by atoms with E-state index in [1.165, 1.54) is 15.9 Å². The van der Waals surface area contributed by atoms with Gasteiger partial charge in [0.2, 0.25) is 15.9 Å². The van der Waals surface area contributed by atoms with E-state index in [2.05, 4.69) is 24.0 Å². The van der Waals surface area contributed by atoms with E-state index in [4.69, 9.17) is 0 Å². The molecule has 0 fully saturated rings. The Kier molecular flexibility index (Phi) is 7.84. The van der Waals surface area contributed by atoms with E-state index in [0.29, 0.717) is 6.54 Å². The highest BCUT2D eigenvalue weighted by Crippen LogP contribution is 2.02.